The normalized spacial score (nSPS) is 16.7. The Balaban J connectivity index is 1.78. The number of hydrogen-bond donors (Lipinski definition) is 0. The van der Waals surface area contributed by atoms with Gasteiger partial charge >= 0.3 is 0 Å². The van der Waals surface area contributed by atoms with Crippen molar-refractivity contribution in [2.24, 2.45) is 0 Å². The number of likely N-dealkylation sites (tertiary alicyclic amines) is 1. The minimum Gasteiger partial charge on any atom is -0.302 e. The predicted molar refractivity (Wildman–Crippen MR) is 76.1 cm³/mol. The van der Waals surface area contributed by atoms with Gasteiger partial charge in [0.05, 0.1) is 4.47 Å². The fourth-order valence-electron chi connectivity index (χ4n) is 2.35. The van der Waals surface area contributed by atoms with E-state index in [9.17, 15) is 4.39 Å². The first kappa shape index (κ1) is 14.0. The Morgan fingerprint density at radius 2 is 2.06 bits per heavy atom. The SMILES string of the molecule is CN(CCN1CCCC1)Cc1ccc(F)c(Br)c1. The Kier molecular flexibility index (Phi) is 5.15. The molecule has 1 aliphatic rings. The van der Waals surface area contributed by atoms with E-state index in [1.807, 2.05) is 12.1 Å². The Morgan fingerprint density at radius 1 is 1.33 bits per heavy atom. The van der Waals surface area contributed by atoms with Gasteiger partial charge in [-0.15, -0.1) is 0 Å². The van der Waals surface area contributed by atoms with Crippen molar-refractivity contribution < 1.29 is 4.39 Å². The van der Waals surface area contributed by atoms with Crippen LogP contribution in [-0.4, -0.2) is 43.0 Å². The molecule has 0 unspecified atom stereocenters. The average Bonchev–Trinajstić information content (AvgIpc) is 2.84. The van der Waals surface area contributed by atoms with Gasteiger partial charge in [-0.1, -0.05) is 6.07 Å². The van der Waals surface area contributed by atoms with Crippen molar-refractivity contribution >= 4 is 15.9 Å². The highest BCUT2D eigenvalue weighted by Gasteiger charge is 2.12. The fraction of sp³-hybridized carbons (Fsp3) is 0.571. The Morgan fingerprint density at radius 3 is 2.72 bits per heavy atom. The molecule has 1 fully saturated rings. The maximum Gasteiger partial charge on any atom is 0.137 e. The summed E-state index contributed by atoms with van der Waals surface area (Å²) in [5.41, 5.74) is 1.15. The Bertz CT molecular complexity index is 391. The minimum absolute atomic E-state index is 0.196. The summed E-state index contributed by atoms with van der Waals surface area (Å²) in [6.45, 7) is 5.56. The molecule has 0 N–H and O–H groups in total. The minimum atomic E-state index is -0.196. The number of halogens is 2. The Hall–Kier alpha value is -0.450. The highest BCUT2D eigenvalue weighted by molar-refractivity contribution is 9.10. The van der Waals surface area contributed by atoms with Gasteiger partial charge in [-0.25, -0.2) is 4.39 Å². The molecule has 0 saturated carbocycles. The van der Waals surface area contributed by atoms with Gasteiger partial charge in [-0.3, -0.25) is 0 Å². The zero-order chi connectivity index (χ0) is 13.0. The number of nitrogens with zero attached hydrogens (tertiary/aromatic N) is 2. The lowest BCUT2D eigenvalue weighted by atomic mass is 10.2. The van der Waals surface area contributed by atoms with Crippen LogP contribution in [0, 0.1) is 5.82 Å². The molecule has 1 aliphatic heterocycles. The molecule has 0 atom stereocenters. The summed E-state index contributed by atoms with van der Waals surface area (Å²) in [4.78, 5) is 4.80. The summed E-state index contributed by atoms with van der Waals surface area (Å²) >= 11 is 3.23. The van der Waals surface area contributed by atoms with E-state index in [1.54, 1.807) is 0 Å². The highest BCUT2D eigenvalue weighted by Crippen LogP contribution is 2.17. The average molecular weight is 315 g/mol. The second kappa shape index (κ2) is 6.64. The molecule has 1 saturated heterocycles. The predicted octanol–water partition coefficient (Wildman–Crippen LogP) is 3.12. The van der Waals surface area contributed by atoms with Gasteiger partial charge in [0.1, 0.15) is 5.82 Å². The van der Waals surface area contributed by atoms with E-state index >= 15 is 0 Å². The van der Waals surface area contributed by atoms with Crippen molar-refractivity contribution in [1.29, 1.82) is 0 Å². The molecule has 1 aromatic rings. The van der Waals surface area contributed by atoms with Gasteiger partial charge < -0.3 is 9.80 Å². The summed E-state index contributed by atoms with van der Waals surface area (Å²) in [5, 5.41) is 0. The first-order valence-corrected chi connectivity index (χ1v) is 7.29. The van der Waals surface area contributed by atoms with Crippen LogP contribution in [0.5, 0.6) is 0 Å². The number of hydrogen-bond acceptors (Lipinski definition) is 2. The molecule has 0 aliphatic carbocycles. The van der Waals surface area contributed by atoms with Gasteiger partial charge in [0.2, 0.25) is 0 Å². The van der Waals surface area contributed by atoms with E-state index in [-0.39, 0.29) is 5.82 Å². The molecule has 2 nitrogen and oxygen atoms in total. The third kappa shape index (κ3) is 4.04. The molecule has 0 radical (unpaired) electrons. The van der Waals surface area contributed by atoms with Crippen LogP contribution in [0.15, 0.2) is 22.7 Å². The van der Waals surface area contributed by atoms with Crippen LogP contribution >= 0.6 is 15.9 Å². The van der Waals surface area contributed by atoms with E-state index in [1.165, 1.54) is 32.0 Å². The van der Waals surface area contributed by atoms with Crippen molar-refractivity contribution in [2.75, 3.05) is 33.2 Å². The molecular formula is C14H20BrFN2. The van der Waals surface area contributed by atoms with Crippen molar-refractivity contribution in [3.8, 4) is 0 Å². The van der Waals surface area contributed by atoms with Crippen LogP contribution in [0.4, 0.5) is 4.39 Å². The lowest BCUT2D eigenvalue weighted by molar-refractivity contribution is 0.252. The van der Waals surface area contributed by atoms with E-state index in [0.717, 1.165) is 25.2 Å². The first-order chi connectivity index (χ1) is 8.65. The van der Waals surface area contributed by atoms with Gasteiger partial charge in [-0.2, -0.15) is 0 Å². The fourth-order valence-corrected chi connectivity index (χ4v) is 2.77. The van der Waals surface area contributed by atoms with Crippen LogP contribution in [-0.2, 0) is 6.54 Å². The highest BCUT2D eigenvalue weighted by atomic mass is 79.9. The van der Waals surface area contributed by atoms with Crippen LogP contribution in [0.25, 0.3) is 0 Å². The zero-order valence-electron chi connectivity index (χ0n) is 10.8. The zero-order valence-corrected chi connectivity index (χ0v) is 12.4. The van der Waals surface area contributed by atoms with Crippen molar-refractivity contribution in [1.82, 2.24) is 9.80 Å². The summed E-state index contributed by atoms with van der Waals surface area (Å²) in [7, 11) is 2.12. The first-order valence-electron chi connectivity index (χ1n) is 6.50. The monoisotopic (exact) mass is 314 g/mol. The van der Waals surface area contributed by atoms with E-state index in [4.69, 9.17) is 0 Å². The molecule has 1 heterocycles. The van der Waals surface area contributed by atoms with Crippen LogP contribution in [0.2, 0.25) is 0 Å². The molecule has 1 aromatic carbocycles. The van der Waals surface area contributed by atoms with Gasteiger partial charge in [0.15, 0.2) is 0 Å². The maximum atomic E-state index is 13.1. The molecule has 0 aromatic heterocycles. The van der Waals surface area contributed by atoms with E-state index < -0.39 is 0 Å². The molecule has 4 heteroatoms. The molecule has 0 bridgehead atoms. The molecular weight excluding hydrogens is 295 g/mol. The largest absolute Gasteiger partial charge is 0.302 e. The van der Waals surface area contributed by atoms with Crippen LogP contribution in [0.3, 0.4) is 0 Å². The van der Waals surface area contributed by atoms with Gasteiger partial charge in [0.25, 0.3) is 0 Å². The van der Waals surface area contributed by atoms with E-state index in [2.05, 4.69) is 32.8 Å². The van der Waals surface area contributed by atoms with Crippen molar-refractivity contribution in [3.05, 3.63) is 34.1 Å². The second-order valence-corrected chi connectivity index (χ2v) is 5.89. The van der Waals surface area contributed by atoms with Crippen LogP contribution < -0.4 is 0 Å². The summed E-state index contributed by atoms with van der Waals surface area (Å²) in [5.74, 6) is -0.196. The lowest BCUT2D eigenvalue weighted by Crippen LogP contribution is -2.31. The summed E-state index contributed by atoms with van der Waals surface area (Å²) < 4.78 is 13.7. The molecule has 100 valence electrons. The molecule has 18 heavy (non-hydrogen) atoms. The lowest BCUT2D eigenvalue weighted by Gasteiger charge is -2.21. The van der Waals surface area contributed by atoms with Gasteiger partial charge in [-0.05, 0) is 66.6 Å². The van der Waals surface area contributed by atoms with Crippen LogP contribution in [0.1, 0.15) is 18.4 Å². The topological polar surface area (TPSA) is 6.48 Å². The standard InChI is InChI=1S/C14H20BrFN2/c1-17(8-9-18-6-2-3-7-18)11-12-4-5-14(16)13(15)10-12/h4-5,10H,2-3,6-9,11H2,1H3. The van der Waals surface area contributed by atoms with E-state index in [0.29, 0.717) is 4.47 Å². The Labute approximate surface area is 117 Å². The third-order valence-electron chi connectivity index (χ3n) is 3.43. The molecule has 0 spiro atoms. The summed E-state index contributed by atoms with van der Waals surface area (Å²) in [6.07, 6.45) is 2.68. The molecule has 2 rings (SSSR count). The quantitative estimate of drug-likeness (QED) is 0.824. The second-order valence-electron chi connectivity index (χ2n) is 5.03. The molecule has 0 amide bonds. The number of likely N-dealkylation sites (N-methyl/N-ethyl adjacent to an activating group) is 1. The maximum absolute atomic E-state index is 13.1. The van der Waals surface area contributed by atoms with Crippen molar-refractivity contribution in [3.63, 3.8) is 0 Å². The third-order valence-corrected chi connectivity index (χ3v) is 4.04. The van der Waals surface area contributed by atoms with Crippen molar-refractivity contribution in [2.45, 2.75) is 19.4 Å². The number of rotatable bonds is 5. The smallest absolute Gasteiger partial charge is 0.137 e. The van der Waals surface area contributed by atoms with Gasteiger partial charge in [0, 0.05) is 19.6 Å². The number of benzene rings is 1. The summed E-state index contributed by atoms with van der Waals surface area (Å²) in [6, 6.07) is 5.24.